The van der Waals surface area contributed by atoms with Crippen molar-refractivity contribution in [3.05, 3.63) is 0 Å². The minimum absolute atomic E-state index is 0.0397. The zero-order valence-corrected chi connectivity index (χ0v) is 12.9. The van der Waals surface area contributed by atoms with E-state index in [1.165, 1.54) is 0 Å². The molecule has 1 amide bonds. The number of nitrogens with two attached hydrogens (primary N) is 1. The molecule has 0 aliphatic heterocycles. The van der Waals surface area contributed by atoms with Crippen LogP contribution in [-0.4, -0.2) is 24.7 Å². The SMILES string of the molecule is CC(C)CC(CN)CC(=O)NC1CCCCC1C(F)(F)F. The minimum Gasteiger partial charge on any atom is -0.353 e. The Morgan fingerprint density at radius 3 is 2.43 bits per heavy atom. The van der Waals surface area contributed by atoms with Gasteiger partial charge in [0.25, 0.3) is 0 Å². The number of alkyl halides is 3. The normalized spacial score (nSPS) is 24.9. The molecule has 3 unspecified atom stereocenters. The molecule has 3 nitrogen and oxygen atoms in total. The summed E-state index contributed by atoms with van der Waals surface area (Å²) in [5, 5.41) is 2.60. The summed E-state index contributed by atoms with van der Waals surface area (Å²) in [5.74, 6) is -1.24. The van der Waals surface area contributed by atoms with E-state index in [1.807, 2.05) is 13.8 Å². The largest absolute Gasteiger partial charge is 0.393 e. The van der Waals surface area contributed by atoms with Crippen LogP contribution in [-0.2, 0) is 4.79 Å². The predicted octanol–water partition coefficient (Wildman–Crippen LogP) is 3.23. The Kier molecular flexibility index (Phi) is 6.97. The van der Waals surface area contributed by atoms with Crippen molar-refractivity contribution in [3.63, 3.8) is 0 Å². The second-order valence-electron chi connectivity index (χ2n) is 6.54. The summed E-state index contributed by atoms with van der Waals surface area (Å²) in [5.41, 5.74) is 5.64. The zero-order chi connectivity index (χ0) is 16.0. The molecule has 0 radical (unpaired) electrons. The van der Waals surface area contributed by atoms with Gasteiger partial charge in [0, 0.05) is 12.5 Å². The van der Waals surface area contributed by atoms with E-state index in [2.05, 4.69) is 5.32 Å². The van der Waals surface area contributed by atoms with E-state index in [1.54, 1.807) is 0 Å². The lowest BCUT2D eigenvalue weighted by Crippen LogP contribution is -2.48. The van der Waals surface area contributed by atoms with Gasteiger partial charge < -0.3 is 11.1 Å². The number of hydrogen-bond donors (Lipinski definition) is 2. The van der Waals surface area contributed by atoms with Gasteiger partial charge in [0.05, 0.1) is 5.92 Å². The summed E-state index contributed by atoms with van der Waals surface area (Å²) in [4.78, 5) is 12.0. The molecule has 0 aromatic heterocycles. The van der Waals surface area contributed by atoms with Gasteiger partial charge in [0.2, 0.25) is 5.91 Å². The molecule has 0 saturated heterocycles. The molecule has 0 heterocycles. The fourth-order valence-corrected chi connectivity index (χ4v) is 3.15. The Balaban J connectivity index is 2.55. The number of nitrogens with one attached hydrogen (secondary N) is 1. The lowest BCUT2D eigenvalue weighted by atomic mass is 9.83. The van der Waals surface area contributed by atoms with E-state index in [0.29, 0.717) is 25.3 Å². The van der Waals surface area contributed by atoms with Crippen molar-refractivity contribution in [1.82, 2.24) is 5.32 Å². The first-order valence-electron chi connectivity index (χ1n) is 7.80. The molecule has 6 heteroatoms. The fourth-order valence-electron chi connectivity index (χ4n) is 3.15. The van der Waals surface area contributed by atoms with E-state index < -0.39 is 18.1 Å². The Morgan fingerprint density at radius 2 is 1.90 bits per heavy atom. The topological polar surface area (TPSA) is 55.1 Å². The summed E-state index contributed by atoms with van der Waals surface area (Å²) < 4.78 is 38.9. The van der Waals surface area contributed by atoms with Gasteiger partial charge in [-0.2, -0.15) is 13.2 Å². The van der Waals surface area contributed by atoms with Crippen LogP contribution in [0.15, 0.2) is 0 Å². The van der Waals surface area contributed by atoms with Gasteiger partial charge in [-0.05, 0) is 37.6 Å². The second-order valence-corrected chi connectivity index (χ2v) is 6.54. The number of halogens is 3. The van der Waals surface area contributed by atoms with E-state index in [4.69, 9.17) is 5.73 Å². The lowest BCUT2D eigenvalue weighted by molar-refractivity contribution is -0.189. The highest BCUT2D eigenvalue weighted by Gasteiger charge is 2.45. The van der Waals surface area contributed by atoms with Crippen LogP contribution in [0.3, 0.4) is 0 Å². The van der Waals surface area contributed by atoms with Crippen LogP contribution in [0.1, 0.15) is 52.4 Å². The van der Waals surface area contributed by atoms with Crippen molar-refractivity contribution >= 4 is 5.91 Å². The number of carbonyl (C=O) groups is 1. The standard InChI is InChI=1S/C15H27F3N2O/c1-10(2)7-11(9-19)8-14(21)20-13-6-4-3-5-12(13)15(16,17)18/h10-13H,3-9,19H2,1-2H3,(H,20,21). The van der Waals surface area contributed by atoms with Gasteiger partial charge in [0.15, 0.2) is 0 Å². The summed E-state index contributed by atoms with van der Waals surface area (Å²) in [7, 11) is 0. The van der Waals surface area contributed by atoms with Crippen LogP contribution < -0.4 is 11.1 Å². The molecule has 1 saturated carbocycles. The van der Waals surface area contributed by atoms with E-state index in [0.717, 1.165) is 12.8 Å². The molecule has 1 aliphatic carbocycles. The first kappa shape index (κ1) is 18.3. The average Bonchev–Trinajstić information content (AvgIpc) is 2.36. The van der Waals surface area contributed by atoms with Crippen LogP contribution in [0.5, 0.6) is 0 Å². The number of amides is 1. The summed E-state index contributed by atoms with van der Waals surface area (Å²) in [6.07, 6.45) is -1.36. The third-order valence-corrected chi connectivity index (χ3v) is 4.14. The van der Waals surface area contributed by atoms with Crippen LogP contribution >= 0.6 is 0 Å². The fraction of sp³-hybridized carbons (Fsp3) is 0.933. The van der Waals surface area contributed by atoms with Gasteiger partial charge in [-0.15, -0.1) is 0 Å². The van der Waals surface area contributed by atoms with Crippen molar-refractivity contribution in [2.45, 2.75) is 64.6 Å². The predicted molar refractivity (Wildman–Crippen MR) is 76.6 cm³/mol. The lowest BCUT2D eigenvalue weighted by Gasteiger charge is -2.33. The monoisotopic (exact) mass is 308 g/mol. The highest BCUT2D eigenvalue weighted by atomic mass is 19.4. The van der Waals surface area contributed by atoms with Gasteiger partial charge >= 0.3 is 6.18 Å². The highest BCUT2D eigenvalue weighted by Crippen LogP contribution is 2.37. The first-order chi connectivity index (χ1) is 9.74. The average molecular weight is 308 g/mol. The first-order valence-corrected chi connectivity index (χ1v) is 7.80. The van der Waals surface area contributed by atoms with E-state index in [-0.39, 0.29) is 24.7 Å². The molecular formula is C15H27F3N2O. The molecule has 1 rings (SSSR count). The highest BCUT2D eigenvalue weighted by molar-refractivity contribution is 5.76. The van der Waals surface area contributed by atoms with Crippen molar-refractivity contribution in [1.29, 1.82) is 0 Å². The zero-order valence-electron chi connectivity index (χ0n) is 12.9. The maximum atomic E-state index is 13.0. The molecule has 1 fully saturated rings. The summed E-state index contributed by atoms with van der Waals surface area (Å²) in [6.45, 7) is 4.47. The van der Waals surface area contributed by atoms with E-state index in [9.17, 15) is 18.0 Å². The molecule has 0 aromatic carbocycles. The molecule has 0 spiro atoms. The molecule has 3 atom stereocenters. The Hall–Kier alpha value is -0.780. The third-order valence-electron chi connectivity index (χ3n) is 4.14. The van der Waals surface area contributed by atoms with Crippen molar-refractivity contribution < 1.29 is 18.0 Å². The molecule has 1 aliphatic rings. The molecular weight excluding hydrogens is 281 g/mol. The molecule has 0 aromatic rings. The van der Waals surface area contributed by atoms with Gasteiger partial charge in [-0.25, -0.2) is 0 Å². The van der Waals surface area contributed by atoms with Gasteiger partial charge in [0.1, 0.15) is 0 Å². The Morgan fingerprint density at radius 1 is 1.29 bits per heavy atom. The number of hydrogen-bond acceptors (Lipinski definition) is 2. The number of rotatable bonds is 6. The van der Waals surface area contributed by atoms with Crippen LogP contribution in [0, 0.1) is 17.8 Å². The molecule has 21 heavy (non-hydrogen) atoms. The smallest absolute Gasteiger partial charge is 0.353 e. The van der Waals surface area contributed by atoms with Crippen molar-refractivity contribution in [3.8, 4) is 0 Å². The summed E-state index contributed by atoms with van der Waals surface area (Å²) in [6, 6.07) is -0.774. The Labute approximate surface area is 124 Å². The maximum absolute atomic E-state index is 13.0. The van der Waals surface area contributed by atoms with Crippen LogP contribution in [0.25, 0.3) is 0 Å². The minimum atomic E-state index is -4.23. The number of carbonyl (C=O) groups excluding carboxylic acids is 1. The molecule has 0 bridgehead atoms. The summed E-state index contributed by atoms with van der Waals surface area (Å²) >= 11 is 0. The third kappa shape index (κ3) is 6.24. The van der Waals surface area contributed by atoms with E-state index >= 15 is 0 Å². The van der Waals surface area contributed by atoms with Gasteiger partial charge in [-0.3, -0.25) is 4.79 Å². The second kappa shape index (κ2) is 8.01. The van der Waals surface area contributed by atoms with Gasteiger partial charge in [-0.1, -0.05) is 26.7 Å². The maximum Gasteiger partial charge on any atom is 0.393 e. The quantitative estimate of drug-likeness (QED) is 0.791. The van der Waals surface area contributed by atoms with Crippen LogP contribution in [0.2, 0.25) is 0 Å². The van der Waals surface area contributed by atoms with Crippen molar-refractivity contribution in [2.24, 2.45) is 23.5 Å². The molecule has 3 N–H and O–H groups in total. The molecule has 124 valence electrons. The van der Waals surface area contributed by atoms with Crippen molar-refractivity contribution in [2.75, 3.05) is 6.54 Å². The van der Waals surface area contributed by atoms with Crippen LogP contribution in [0.4, 0.5) is 13.2 Å². The Bertz CT molecular complexity index is 331.